The maximum atomic E-state index is 9.87. The van der Waals surface area contributed by atoms with Crippen LogP contribution in [0.3, 0.4) is 0 Å². The van der Waals surface area contributed by atoms with Crippen molar-refractivity contribution in [2.75, 3.05) is 0 Å². The standard InChI is InChI=1S/C10H12N2OS2/c1-6-7(2)15-10(12-6)3-9(13)8-4-14-5-11-8/h4-5,9,13H,3H2,1-2H3. The minimum absolute atomic E-state index is 0.527. The van der Waals surface area contributed by atoms with Crippen LogP contribution in [0, 0.1) is 13.8 Å². The summed E-state index contributed by atoms with van der Waals surface area (Å²) in [6, 6.07) is 0. The van der Waals surface area contributed by atoms with Crippen molar-refractivity contribution in [1.29, 1.82) is 0 Å². The van der Waals surface area contributed by atoms with E-state index in [0.29, 0.717) is 6.42 Å². The SMILES string of the molecule is Cc1nc(CC(O)c2cscn2)sc1C. The number of aliphatic hydroxyl groups excluding tert-OH is 1. The summed E-state index contributed by atoms with van der Waals surface area (Å²) in [5.41, 5.74) is 3.53. The quantitative estimate of drug-likeness (QED) is 0.896. The van der Waals surface area contributed by atoms with Gasteiger partial charge in [-0.25, -0.2) is 9.97 Å². The lowest BCUT2D eigenvalue weighted by atomic mass is 10.2. The molecular formula is C10H12N2OS2. The van der Waals surface area contributed by atoms with Crippen LogP contribution in [0.4, 0.5) is 0 Å². The normalized spacial score (nSPS) is 13.0. The Morgan fingerprint density at radius 1 is 1.47 bits per heavy atom. The summed E-state index contributed by atoms with van der Waals surface area (Å²) in [4.78, 5) is 9.70. The van der Waals surface area contributed by atoms with Crippen molar-refractivity contribution in [1.82, 2.24) is 9.97 Å². The first kappa shape index (κ1) is 10.7. The van der Waals surface area contributed by atoms with Crippen LogP contribution >= 0.6 is 22.7 Å². The van der Waals surface area contributed by atoms with E-state index < -0.39 is 6.10 Å². The Morgan fingerprint density at radius 3 is 2.80 bits per heavy atom. The second-order valence-electron chi connectivity index (χ2n) is 3.38. The molecule has 0 spiro atoms. The maximum Gasteiger partial charge on any atom is 0.103 e. The molecule has 2 rings (SSSR count). The highest BCUT2D eigenvalue weighted by molar-refractivity contribution is 7.11. The van der Waals surface area contributed by atoms with E-state index >= 15 is 0 Å². The smallest absolute Gasteiger partial charge is 0.103 e. The zero-order valence-corrected chi connectivity index (χ0v) is 10.2. The van der Waals surface area contributed by atoms with Gasteiger partial charge in [-0.2, -0.15) is 0 Å². The second kappa shape index (κ2) is 4.38. The fourth-order valence-corrected chi connectivity index (χ4v) is 2.85. The van der Waals surface area contributed by atoms with Crippen molar-refractivity contribution < 1.29 is 5.11 Å². The Morgan fingerprint density at radius 2 is 2.27 bits per heavy atom. The molecule has 0 radical (unpaired) electrons. The molecule has 0 aliphatic rings. The number of thiazole rings is 2. The third-order valence-corrected chi connectivity index (χ3v) is 3.93. The van der Waals surface area contributed by atoms with Crippen molar-refractivity contribution >= 4 is 22.7 Å². The van der Waals surface area contributed by atoms with Crippen LogP contribution in [0.2, 0.25) is 0 Å². The number of hydrogen-bond donors (Lipinski definition) is 1. The zero-order chi connectivity index (χ0) is 10.8. The van der Waals surface area contributed by atoms with Crippen molar-refractivity contribution in [2.45, 2.75) is 26.4 Å². The number of hydrogen-bond acceptors (Lipinski definition) is 5. The molecular weight excluding hydrogens is 228 g/mol. The maximum absolute atomic E-state index is 9.87. The van der Waals surface area contributed by atoms with E-state index in [9.17, 15) is 5.11 Å². The van der Waals surface area contributed by atoms with E-state index in [1.165, 1.54) is 16.2 Å². The van der Waals surface area contributed by atoms with E-state index in [0.717, 1.165) is 16.4 Å². The first-order chi connectivity index (χ1) is 7.16. The molecule has 2 aromatic rings. The summed E-state index contributed by atoms with van der Waals surface area (Å²) in [5.74, 6) is 0. The topological polar surface area (TPSA) is 46.0 Å². The lowest BCUT2D eigenvalue weighted by Gasteiger charge is -2.04. The Balaban J connectivity index is 2.09. The number of aryl methyl sites for hydroxylation is 2. The van der Waals surface area contributed by atoms with E-state index in [2.05, 4.69) is 9.97 Å². The van der Waals surface area contributed by atoms with Gasteiger partial charge in [-0.3, -0.25) is 0 Å². The molecule has 0 fully saturated rings. The van der Waals surface area contributed by atoms with Gasteiger partial charge in [0.15, 0.2) is 0 Å². The average molecular weight is 240 g/mol. The lowest BCUT2D eigenvalue weighted by Crippen LogP contribution is -2.01. The van der Waals surface area contributed by atoms with Crippen LogP contribution in [-0.2, 0) is 6.42 Å². The third kappa shape index (κ3) is 2.42. The van der Waals surface area contributed by atoms with E-state index in [-0.39, 0.29) is 0 Å². The molecule has 5 heteroatoms. The van der Waals surface area contributed by atoms with Crippen molar-refractivity contribution in [3.63, 3.8) is 0 Å². The fourth-order valence-electron chi connectivity index (χ4n) is 1.28. The van der Waals surface area contributed by atoms with Crippen molar-refractivity contribution in [3.8, 4) is 0 Å². The summed E-state index contributed by atoms with van der Waals surface area (Å²) >= 11 is 3.14. The molecule has 0 bridgehead atoms. The van der Waals surface area contributed by atoms with Gasteiger partial charge in [0, 0.05) is 16.7 Å². The van der Waals surface area contributed by atoms with Gasteiger partial charge in [0.1, 0.15) is 6.10 Å². The average Bonchev–Trinajstić information content (AvgIpc) is 2.77. The van der Waals surface area contributed by atoms with Crippen LogP contribution < -0.4 is 0 Å². The second-order valence-corrected chi connectivity index (χ2v) is 5.39. The molecule has 0 saturated heterocycles. The molecule has 0 amide bonds. The predicted octanol–water partition coefficient (Wildman–Crippen LogP) is 2.49. The fraction of sp³-hybridized carbons (Fsp3) is 0.400. The van der Waals surface area contributed by atoms with Gasteiger partial charge in [0.05, 0.1) is 21.9 Å². The van der Waals surface area contributed by atoms with Gasteiger partial charge in [-0.05, 0) is 13.8 Å². The first-order valence-electron chi connectivity index (χ1n) is 4.66. The highest BCUT2D eigenvalue weighted by Gasteiger charge is 2.13. The van der Waals surface area contributed by atoms with Crippen molar-refractivity contribution in [3.05, 3.63) is 32.2 Å². The molecule has 0 aromatic carbocycles. The third-order valence-electron chi connectivity index (χ3n) is 2.23. The Bertz CT molecular complexity index is 417. The summed E-state index contributed by atoms with van der Waals surface area (Å²) < 4.78 is 0. The van der Waals surface area contributed by atoms with E-state index in [4.69, 9.17) is 0 Å². The first-order valence-corrected chi connectivity index (χ1v) is 6.42. The molecule has 3 nitrogen and oxygen atoms in total. The molecule has 80 valence electrons. The number of aromatic nitrogens is 2. The molecule has 1 atom stereocenters. The Hall–Kier alpha value is -0.780. The molecule has 2 heterocycles. The Labute approximate surface area is 96.5 Å². The number of nitrogens with zero attached hydrogens (tertiary/aromatic N) is 2. The number of rotatable bonds is 3. The molecule has 2 aromatic heterocycles. The Kier molecular flexibility index (Phi) is 3.14. The van der Waals surface area contributed by atoms with Gasteiger partial charge < -0.3 is 5.11 Å². The van der Waals surface area contributed by atoms with Gasteiger partial charge in [0.25, 0.3) is 0 Å². The monoisotopic (exact) mass is 240 g/mol. The minimum Gasteiger partial charge on any atom is -0.386 e. The van der Waals surface area contributed by atoms with Gasteiger partial charge in [-0.15, -0.1) is 22.7 Å². The van der Waals surface area contributed by atoms with Gasteiger partial charge in [0.2, 0.25) is 0 Å². The molecule has 15 heavy (non-hydrogen) atoms. The van der Waals surface area contributed by atoms with Crippen LogP contribution in [0.1, 0.15) is 27.4 Å². The van der Waals surface area contributed by atoms with E-state index in [1.54, 1.807) is 16.8 Å². The van der Waals surface area contributed by atoms with E-state index in [1.807, 2.05) is 19.2 Å². The summed E-state index contributed by atoms with van der Waals surface area (Å²) in [6.07, 6.45) is 0.0319. The lowest BCUT2D eigenvalue weighted by molar-refractivity contribution is 0.174. The van der Waals surface area contributed by atoms with Crippen LogP contribution in [0.5, 0.6) is 0 Å². The predicted molar refractivity (Wildman–Crippen MR) is 62.4 cm³/mol. The van der Waals surface area contributed by atoms with Crippen molar-refractivity contribution in [2.24, 2.45) is 0 Å². The summed E-state index contributed by atoms with van der Waals surface area (Å²) in [5, 5.41) is 12.7. The molecule has 1 N–H and O–H groups in total. The van der Waals surface area contributed by atoms with Gasteiger partial charge in [-0.1, -0.05) is 0 Å². The van der Waals surface area contributed by atoms with Crippen LogP contribution in [0.25, 0.3) is 0 Å². The summed E-state index contributed by atoms with van der Waals surface area (Å²) in [6.45, 7) is 4.04. The molecule has 0 aliphatic carbocycles. The largest absolute Gasteiger partial charge is 0.386 e. The highest BCUT2D eigenvalue weighted by atomic mass is 32.1. The molecule has 0 aliphatic heterocycles. The minimum atomic E-state index is -0.527. The zero-order valence-electron chi connectivity index (χ0n) is 8.60. The van der Waals surface area contributed by atoms with Gasteiger partial charge >= 0.3 is 0 Å². The van der Waals surface area contributed by atoms with Crippen LogP contribution in [0.15, 0.2) is 10.9 Å². The summed E-state index contributed by atoms with van der Waals surface area (Å²) in [7, 11) is 0. The molecule has 1 unspecified atom stereocenters. The van der Waals surface area contributed by atoms with Crippen LogP contribution in [-0.4, -0.2) is 15.1 Å². The number of aliphatic hydroxyl groups is 1. The molecule has 0 saturated carbocycles. The highest BCUT2D eigenvalue weighted by Crippen LogP contribution is 2.23.